The van der Waals surface area contributed by atoms with Gasteiger partial charge in [0.1, 0.15) is 5.82 Å². The van der Waals surface area contributed by atoms with E-state index in [-0.39, 0.29) is 6.42 Å². The molecule has 1 aliphatic rings. The van der Waals surface area contributed by atoms with E-state index in [0.29, 0.717) is 12.5 Å². The van der Waals surface area contributed by atoms with Gasteiger partial charge in [-0.05, 0) is 26.2 Å². The van der Waals surface area contributed by atoms with Crippen molar-refractivity contribution in [3.05, 3.63) is 17.7 Å². The number of hydrogen-bond acceptors (Lipinski definition) is 2. The fourth-order valence-corrected chi connectivity index (χ4v) is 2.27. The molecule has 0 spiro atoms. The van der Waals surface area contributed by atoms with Crippen LogP contribution in [0.2, 0.25) is 0 Å². The molecule has 1 unspecified atom stereocenters. The van der Waals surface area contributed by atoms with Crippen molar-refractivity contribution < 1.29 is 9.90 Å². The van der Waals surface area contributed by atoms with Crippen molar-refractivity contribution >= 4 is 5.97 Å². The number of carbonyl (C=O) groups is 1. The van der Waals surface area contributed by atoms with Crippen LogP contribution in [0.4, 0.5) is 0 Å². The molecule has 0 saturated heterocycles. The normalized spacial score (nSPS) is 19.9. The molecule has 1 aromatic heterocycles. The zero-order valence-electron chi connectivity index (χ0n) is 8.94. The Labute approximate surface area is 88.9 Å². The maximum Gasteiger partial charge on any atom is 0.303 e. The average molecular weight is 208 g/mol. The number of aromatic nitrogens is 2. The number of nitrogens with zero attached hydrogens (tertiary/aromatic N) is 2. The molecule has 0 fully saturated rings. The van der Waals surface area contributed by atoms with E-state index in [4.69, 9.17) is 5.11 Å². The van der Waals surface area contributed by atoms with E-state index in [1.807, 2.05) is 6.20 Å². The molecule has 1 aliphatic heterocycles. The van der Waals surface area contributed by atoms with Crippen molar-refractivity contribution in [3.8, 4) is 0 Å². The van der Waals surface area contributed by atoms with Crippen molar-refractivity contribution in [1.29, 1.82) is 0 Å². The minimum absolute atomic E-state index is 0.192. The van der Waals surface area contributed by atoms with Gasteiger partial charge in [-0.1, -0.05) is 0 Å². The fraction of sp³-hybridized carbons (Fsp3) is 0.636. The number of fused-ring (bicyclic) bond motifs is 1. The van der Waals surface area contributed by atoms with Gasteiger partial charge in [-0.3, -0.25) is 4.79 Å². The van der Waals surface area contributed by atoms with E-state index >= 15 is 0 Å². The molecule has 15 heavy (non-hydrogen) atoms. The second-order valence-electron chi connectivity index (χ2n) is 4.17. The summed E-state index contributed by atoms with van der Waals surface area (Å²) in [7, 11) is 0. The van der Waals surface area contributed by atoms with Crippen LogP contribution < -0.4 is 0 Å². The van der Waals surface area contributed by atoms with E-state index in [2.05, 4.69) is 16.5 Å². The summed E-state index contributed by atoms with van der Waals surface area (Å²) >= 11 is 0. The zero-order chi connectivity index (χ0) is 10.8. The van der Waals surface area contributed by atoms with Crippen LogP contribution in [-0.2, 0) is 17.6 Å². The maximum atomic E-state index is 10.5. The van der Waals surface area contributed by atoms with Gasteiger partial charge < -0.3 is 9.67 Å². The number of carboxylic acids is 1. The highest BCUT2D eigenvalue weighted by Crippen LogP contribution is 2.26. The average Bonchev–Trinajstić information content (AvgIpc) is 2.59. The van der Waals surface area contributed by atoms with Crippen molar-refractivity contribution in [2.24, 2.45) is 0 Å². The molecule has 0 amide bonds. The Bertz CT molecular complexity index is 371. The molecule has 1 aromatic rings. The van der Waals surface area contributed by atoms with Gasteiger partial charge in [0.2, 0.25) is 0 Å². The standard InChI is InChI=1S/C11H16N2O2/c1-8-3-2-4-10-12-7-9(13(8)10)5-6-11(14)15/h7-8H,2-6H2,1H3,(H,14,15). The Morgan fingerprint density at radius 3 is 3.27 bits per heavy atom. The van der Waals surface area contributed by atoms with E-state index in [9.17, 15) is 4.79 Å². The van der Waals surface area contributed by atoms with Crippen LogP contribution in [0.25, 0.3) is 0 Å². The third kappa shape index (κ3) is 2.03. The lowest BCUT2D eigenvalue weighted by molar-refractivity contribution is -0.137. The first kappa shape index (κ1) is 10.2. The number of aryl methyl sites for hydroxylation is 2. The summed E-state index contributed by atoms with van der Waals surface area (Å²) in [5.41, 5.74) is 1.07. The first-order valence-electron chi connectivity index (χ1n) is 5.45. The van der Waals surface area contributed by atoms with Crippen LogP contribution in [0.1, 0.15) is 43.7 Å². The summed E-state index contributed by atoms with van der Waals surface area (Å²) in [5, 5.41) is 8.65. The zero-order valence-corrected chi connectivity index (χ0v) is 8.94. The summed E-state index contributed by atoms with van der Waals surface area (Å²) in [6.07, 6.45) is 6.00. The lowest BCUT2D eigenvalue weighted by Gasteiger charge is -2.23. The molecule has 4 heteroatoms. The SMILES string of the molecule is CC1CCCc2ncc(CCC(=O)O)n21. The van der Waals surface area contributed by atoms with E-state index in [0.717, 1.165) is 17.9 Å². The first-order chi connectivity index (χ1) is 7.18. The molecule has 1 N–H and O–H groups in total. The predicted octanol–water partition coefficient (Wildman–Crippen LogP) is 1.80. The molecule has 2 heterocycles. The summed E-state index contributed by atoms with van der Waals surface area (Å²) in [5.74, 6) is 0.378. The van der Waals surface area contributed by atoms with Crippen LogP contribution in [0.5, 0.6) is 0 Å². The third-order valence-corrected chi connectivity index (χ3v) is 3.01. The smallest absolute Gasteiger partial charge is 0.303 e. The van der Waals surface area contributed by atoms with Crippen molar-refractivity contribution in [2.75, 3.05) is 0 Å². The van der Waals surface area contributed by atoms with Crippen LogP contribution in [0.3, 0.4) is 0 Å². The minimum Gasteiger partial charge on any atom is -0.481 e. The molecule has 2 rings (SSSR count). The van der Waals surface area contributed by atoms with Gasteiger partial charge in [-0.15, -0.1) is 0 Å². The van der Waals surface area contributed by atoms with Crippen molar-refractivity contribution in [2.45, 2.75) is 45.1 Å². The molecule has 0 aromatic carbocycles. The van der Waals surface area contributed by atoms with Crippen molar-refractivity contribution in [3.63, 3.8) is 0 Å². The monoisotopic (exact) mass is 208 g/mol. The largest absolute Gasteiger partial charge is 0.481 e. The highest BCUT2D eigenvalue weighted by Gasteiger charge is 2.19. The molecule has 0 saturated carbocycles. The molecule has 4 nitrogen and oxygen atoms in total. The van der Waals surface area contributed by atoms with E-state index in [1.54, 1.807) is 0 Å². The minimum atomic E-state index is -0.742. The Hall–Kier alpha value is -1.32. The van der Waals surface area contributed by atoms with Crippen molar-refractivity contribution in [1.82, 2.24) is 9.55 Å². The molecule has 0 radical (unpaired) electrons. The highest BCUT2D eigenvalue weighted by molar-refractivity contribution is 5.66. The molecule has 82 valence electrons. The lowest BCUT2D eigenvalue weighted by Crippen LogP contribution is -2.18. The molecule has 0 aliphatic carbocycles. The van der Waals surface area contributed by atoms with Gasteiger partial charge in [0.15, 0.2) is 0 Å². The number of hydrogen-bond donors (Lipinski definition) is 1. The van der Waals surface area contributed by atoms with Gasteiger partial charge in [0.25, 0.3) is 0 Å². The first-order valence-corrected chi connectivity index (χ1v) is 5.45. The van der Waals surface area contributed by atoms with Gasteiger partial charge >= 0.3 is 5.97 Å². The van der Waals surface area contributed by atoms with Gasteiger partial charge in [0, 0.05) is 24.4 Å². The molecular formula is C11H16N2O2. The second kappa shape index (κ2) is 4.04. The van der Waals surface area contributed by atoms with Crippen LogP contribution in [-0.4, -0.2) is 20.6 Å². The topological polar surface area (TPSA) is 55.1 Å². The summed E-state index contributed by atoms with van der Waals surface area (Å²) in [6.45, 7) is 2.18. The third-order valence-electron chi connectivity index (χ3n) is 3.01. The van der Waals surface area contributed by atoms with E-state index < -0.39 is 5.97 Å². The van der Waals surface area contributed by atoms with Crippen LogP contribution in [0, 0.1) is 0 Å². The summed E-state index contributed by atoms with van der Waals surface area (Å²) in [4.78, 5) is 14.9. The predicted molar refractivity (Wildman–Crippen MR) is 55.8 cm³/mol. The molecule has 1 atom stereocenters. The summed E-state index contributed by atoms with van der Waals surface area (Å²) in [6, 6.07) is 0.472. The molecular weight excluding hydrogens is 192 g/mol. The van der Waals surface area contributed by atoms with Gasteiger partial charge in [-0.2, -0.15) is 0 Å². The van der Waals surface area contributed by atoms with Gasteiger partial charge in [0.05, 0.1) is 6.42 Å². The Morgan fingerprint density at radius 2 is 2.53 bits per heavy atom. The Kier molecular flexibility index (Phi) is 2.75. The van der Waals surface area contributed by atoms with Crippen LogP contribution >= 0.6 is 0 Å². The van der Waals surface area contributed by atoms with E-state index in [1.165, 1.54) is 12.8 Å². The highest BCUT2D eigenvalue weighted by atomic mass is 16.4. The number of aliphatic carboxylic acids is 1. The quantitative estimate of drug-likeness (QED) is 0.824. The number of carboxylic acid groups (broad SMARTS) is 1. The number of imidazole rings is 1. The molecule has 0 bridgehead atoms. The summed E-state index contributed by atoms with van der Waals surface area (Å²) < 4.78 is 2.21. The maximum absolute atomic E-state index is 10.5. The van der Waals surface area contributed by atoms with Crippen LogP contribution in [0.15, 0.2) is 6.20 Å². The lowest BCUT2D eigenvalue weighted by atomic mass is 10.1. The van der Waals surface area contributed by atoms with Gasteiger partial charge in [-0.25, -0.2) is 4.98 Å². The number of rotatable bonds is 3. The second-order valence-corrected chi connectivity index (χ2v) is 4.17. The fourth-order valence-electron chi connectivity index (χ4n) is 2.27. The Morgan fingerprint density at radius 1 is 1.73 bits per heavy atom. The Balaban J connectivity index is 2.18.